The molecule has 0 aliphatic heterocycles. The van der Waals surface area contributed by atoms with E-state index < -0.39 is 0 Å². The maximum atomic E-state index is 6.16. The molecular formula is C15H19N3O. The molecule has 2 aromatic rings. The van der Waals surface area contributed by atoms with Gasteiger partial charge in [0.2, 0.25) is 0 Å². The average Bonchev–Trinajstić information content (AvgIpc) is 3.14. The zero-order valence-corrected chi connectivity index (χ0v) is 11.3. The van der Waals surface area contributed by atoms with Gasteiger partial charge in [0.15, 0.2) is 0 Å². The van der Waals surface area contributed by atoms with Crippen molar-refractivity contribution in [1.82, 2.24) is 9.55 Å². The highest BCUT2D eigenvalue weighted by molar-refractivity contribution is 5.71. The van der Waals surface area contributed by atoms with E-state index in [1.165, 1.54) is 12.8 Å². The summed E-state index contributed by atoms with van der Waals surface area (Å²) < 4.78 is 7.71. The Labute approximate surface area is 113 Å². The van der Waals surface area contributed by atoms with Gasteiger partial charge in [0, 0.05) is 11.6 Å². The van der Waals surface area contributed by atoms with Crippen LogP contribution in [0.2, 0.25) is 0 Å². The Morgan fingerprint density at radius 2 is 1.95 bits per heavy atom. The lowest BCUT2D eigenvalue weighted by atomic mass is 10.1. The number of aromatic nitrogens is 2. The van der Waals surface area contributed by atoms with Crippen molar-refractivity contribution in [3.8, 4) is 17.0 Å². The topological polar surface area (TPSA) is 53.1 Å². The van der Waals surface area contributed by atoms with Gasteiger partial charge in [-0.15, -0.1) is 0 Å². The molecule has 19 heavy (non-hydrogen) atoms. The molecule has 1 aliphatic rings. The van der Waals surface area contributed by atoms with E-state index in [-0.39, 0.29) is 6.10 Å². The first-order chi connectivity index (χ1) is 9.15. The zero-order chi connectivity index (χ0) is 13.4. The smallest absolute Gasteiger partial charge is 0.131 e. The van der Waals surface area contributed by atoms with E-state index in [0.717, 1.165) is 22.8 Å². The van der Waals surface area contributed by atoms with Crippen LogP contribution in [0.3, 0.4) is 0 Å². The van der Waals surface area contributed by atoms with Crippen molar-refractivity contribution in [2.75, 3.05) is 5.73 Å². The largest absolute Gasteiger partial charge is 0.491 e. The number of nitrogens with two attached hydrogens (primary N) is 1. The fraction of sp³-hybridized carbons (Fsp3) is 0.400. The summed E-state index contributed by atoms with van der Waals surface area (Å²) in [5.41, 5.74) is 8.06. The molecule has 0 amide bonds. The van der Waals surface area contributed by atoms with Crippen LogP contribution < -0.4 is 10.5 Å². The van der Waals surface area contributed by atoms with E-state index >= 15 is 0 Å². The van der Waals surface area contributed by atoms with Crippen LogP contribution in [0.25, 0.3) is 11.3 Å². The second-order valence-electron chi connectivity index (χ2n) is 5.31. The fourth-order valence-electron chi connectivity index (χ4n) is 2.20. The van der Waals surface area contributed by atoms with Crippen LogP contribution in [-0.2, 0) is 0 Å². The van der Waals surface area contributed by atoms with E-state index in [2.05, 4.69) is 9.55 Å². The van der Waals surface area contributed by atoms with Gasteiger partial charge in [0.1, 0.15) is 17.3 Å². The van der Waals surface area contributed by atoms with Crippen molar-refractivity contribution in [3.63, 3.8) is 0 Å². The number of benzene rings is 1. The molecule has 1 aromatic heterocycles. The molecule has 0 radical (unpaired) electrons. The zero-order valence-electron chi connectivity index (χ0n) is 11.3. The van der Waals surface area contributed by atoms with Gasteiger partial charge >= 0.3 is 0 Å². The highest BCUT2D eigenvalue weighted by atomic mass is 16.5. The van der Waals surface area contributed by atoms with E-state index in [9.17, 15) is 0 Å². The van der Waals surface area contributed by atoms with E-state index in [4.69, 9.17) is 10.5 Å². The molecule has 4 heteroatoms. The average molecular weight is 257 g/mol. The first-order valence-electron chi connectivity index (χ1n) is 6.74. The number of rotatable bonds is 4. The normalized spacial score (nSPS) is 14.9. The Balaban J connectivity index is 1.85. The third kappa shape index (κ3) is 2.43. The molecular weight excluding hydrogens is 238 g/mol. The Hall–Kier alpha value is -1.97. The van der Waals surface area contributed by atoms with Crippen molar-refractivity contribution in [2.24, 2.45) is 0 Å². The van der Waals surface area contributed by atoms with Gasteiger partial charge in [-0.3, -0.25) is 0 Å². The first kappa shape index (κ1) is 12.1. The van der Waals surface area contributed by atoms with Crippen LogP contribution in [0.5, 0.6) is 5.75 Å². The van der Waals surface area contributed by atoms with Crippen LogP contribution in [0.1, 0.15) is 32.7 Å². The van der Waals surface area contributed by atoms with Gasteiger partial charge in [-0.25, -0.2) is 4.98 Å². The lowest BCUT2D eigenvalue weighted by Gasteiger charge is -2.10. The Morgan fingerprint density at radius 1 is 1.26 bits per heavy atom. The minimum atomic E-state index is 0.185. The second kappa shape index (κ2) is 4.61. The molecule has 0 atom stereocenters. The van der Waals surface area contributed by atoms with E-state index in [1.54, 1.807) is 0 Å². The van der Waals surface area contributed by atoms with E-state index in [0.29, 0.717) is 6.04 Å². The number of nitrogen functional groups attached to an aromatic ring is 1. The highest BCUT2D eigenvalue weighted by Gasteiger charge is 2.26. The van der Waals surface area contributed by atoms with Crippen molar-refractivity contribution in [1.29, 1.82) is 0 Å². The molecule has 4 nitrogen and oxygen atoms in total. The Bertz CT molecular complexity index is 568. The summed E-state index contributed by atoms with van der Waals surface area (Å²) in [4.78, 5) is 4.43. The number of imidazole rings is 1. The van der Waals surface area contributed by atoms with Crippen molar-refractivity contribution in [3.05, 3.63) is 30.6 Å². The molecule has 0 bridgehead atoms. The standard InChI is InChI=1S/C15H19N3O/c1-10(2)19-13-7-3-11(4-8-13)14-15(16)18(9-17-14)12-5-6-12/h3-4,7-10,12H,5-6,16H2,1-2H3. The lowest BCUT2D eigenvalue weighted by molar-refractivity contribution is 0.242. The maximum absolute atomic E-state index is 6.16. The predicted molar refractivity (Wildman–Crippen MR) is 76.1 cm³/mol. The minimum absolute atomic E-state index is 0.185. The summed E-state index contributed by atoms with van der Waals surface area (Å²) in [5, 5.41) is 0. The fourth-order valence-corrected chi connectivity index (χ4v) is 2.20. The SMILES string of the molecule is CC(C)Oc1ccc(-c2ncn(C3CC3)c2N)cc1. The van der Waals surface area contributed by atoms with Crippen LogP contribution in [0, 0.1) is 0 Å². The van der Waals surface area contributed by atoms with Crippen molar-refractivity contribution in [2.45, 2.75) is 38.8 Å². The molecule has 1 saturated carbocycles. The summed E-state index contributed by atoms with van der Waals surface area (Å²) >= 11 is 0. The summed E-state index contributed by atoms with van der Waals surface area (Å²) in [6.45, 7) is 4.03. The number of anilines is 1. The summed E-state index contributed by atoms with van der Waals surface area (Å²) in [6, 6.07) is 8.50. The third-order valence-corrected chi connectivity index (χ3v) is 3.27. The molecule has 1 aromatic carbocycles. The van der Waals surface area contributed by atoms with Gasteiger partial charge in [-0.1, -0.05) is 0 Å². The Kier molecular flexibility index (Phi) is 2.93. The molecule has 2 N–H and O–H groups in total. The number of nitrogens with zero attached hydrogens (tertiary/aromatic N) is 2. The molecule has 1 heterocycles. The molecule has 1 fully saturated rings. The molecule has 3 rings (SSSR count). The third-order valence-electron chi connectivity index (χ3n) is 3.27. The summed E-state index contributed by atoms with van der Waals surface area (Å²) in [6.07, 6.45) is 4.45. The number of hydrogen-bond donors (Lipinski definition) is 1. The van der Waals surface area contributed by atoms with Crippen LogP contribution in [0.15, 0.2) is 30.6 Å². The molecule has 0 spiro atoms. The minimum Gasteiger partial charge on any atom is -0.491 e. The van der Waals surface area contributed by atoms with Crippen LogP contribution >= 0.6 is 0 Å². The molecule has 100 valence electrons. The summed E-state index contributed by atoms with van der Waals surface area (Å²) in [5.74, 6) is 1.64. The monoisotopic (exact) mass is 257 g/mol. The molecule has 0 unspecified atom stereocenters. The van der Waals surface area contributed by atoms with Gasteiger partial charge in [-0.2, -0.15) is 0 Å². The van der Waals surface area contributed by atoms with Crippen molar-refractivity contribution < 1.29 is 4.74 Å². The van der Waals surface area contributed by atoms with E-state index in [1.807, 2.05) is 44.4 Å². The summed E-state index contributed by atoms with van der Waals surface area (Å²) in [7, 11) is 0. The maximum Gasteiger partial charge on any atom is 0.131 e. The van der Waals surface area contributed by atoms with Gasteiger partial charge in [0.05, 0.1) is 12.4 Å². The quantitative estimate of drug-likeness (QED) is 0.914. The first-order valence-corrected chi connectivity index (χ1v) is 6.74. The molecule has 0 saturated heterocycles. The highest BCUT2D eigenvalue weighted by Crippen LogP contribution is 2.39. The van der Waals surface area contributed by atoms with Gasteiger partial charge in [0.25, 0.3) is 0 Å². The molecule has 1 aliphatic carbocycles. The Morgan fingerprint density at radius 3 is 2.53 bits per heavy atom. The lowest BCUT2D eigenvalue weighted by Crippen LogP contribution is -2.05. The van der Waals surface area contributed by atoms with Crippen LogP contribution in [0.4, 0.5) is 5.82 Å². The number of hydrogen-bond acceptors (Lipinski definition) is 3. The number of ether oxygens (including phenoxy) is 1. The predicted octanol–water partition coefficient (Wildman–Crippen LogP) is 3.25. The van der Waals surface area contributed by atoms with Gasteiger partial charge < -0.3 is 15.0 Å². The second-order valence-corrected chi connectivity index (χ2v) is 5.31. The van der Waals surface area contributed by atoms with Gasteiger partial charge in [-0.05, 0) is 51.0 Å². The van der Waals surface area contributed by atoms with Crippen molar-refractivity contribution >= 4 is 5.82 Å². The van der Waals surface area contributed by atoms with Crippen LogP contribution in [-0.4, -0.2) is 15.7 Å².